The minimum Gasteiger partial charge on any atom is -0.493 e. The van der Waals surface area contributed by atoms with Crippen LogP contribution in [0.1, 0.15) is 28.4 Å². The Morgan fingerprint density at radius 3 is 2.78 bits per heavy atom. The molecule has 0 aliphatic carbocycles. The van der Waals surface area contributed by atoms with E-state index in [1.54, 1.807) is 24.3 Å². The Morgan fingerprint density at radius 2 is 2.00 bits per heavy atom. The van der Waals surface area contributed by atoms with Crippen LogP contribution in [0.4, 0.5) is 0 Å². The van der Waals surface area contributed by atoms with E-state index in [0.29, 0.717) is 17.9 Å². The maximum absolute atomic E-state index is 12.1. The SMILES string of the molecule is O=Cc1ccc(OCC(=O)NC2CCOc3ccccc32)cc1. The Balaban J connectivity index is 1.56. The minimum atomic E-state index is -0.189. The van der Waals surface area contributed by atoms with Crippen molar-refractivity contribution >= 4 is 12.2 Å². The zero-order chi connectivity index (χ0) is 16.1. The van der Waals surface area contributed by atoms with Crippen LogP contribution in [0.3, 0.4) is 0 Å². The Kier molecular flexibility index (Phi) is 4.57. The van der Waals surface area contributed by atoms with Gasteiger partial charge in [-0.25, -0.2) is 0 Å². The summed E-state index contributed by atoms with van der Waals surface area (Å²) < 4.78 is 11.0. The van der Waals surface area contributed by atoms with Crippen molar-refractivity contribution in [3.05, 3.63) is 59.7 Å². The fourth-order valence-electron chi connectivity index (χ4n) is 2.52. The molecule has 118 valence electrons. The quantitative estimate of drug-likeness (QED) is 0.862. The second kappa shape index (κ2) is 6.96. The van der Waals surface area contributed by atoms with Crippen LogP contribution in [-0.4, -0.2) is 25.4 Å². The standard InChI is InChI=1S/C18H17NO4/c20-11-13-5-7-14(8-6-13)23-12-18(21)19-16-9-10-22-17-4-2-1-3-15(16)17/h1-8,11,16H,9-10,12H2,(H,19,21). The summed E-state index contributed by atoms with van der Waals surface area (Å²) in [6.07, 6.45) is 1.50. The predicted octanol–water partition coefficient (Wildman–Crippen LogP) is 2.52. The zero-order valence-electron chi connectivity index (χ0n) is 12.5. The summed E-state index contributed by atoms with van der Waals surface area (Å²) in [4.78, 5) is 22.7. The molecule has 1 atom stereocenters. The van der Waals surface area contributed by atoms with Gasteiger partial charge in [-0.05, 0) is 30.3 Å². The summed E-state index contributed by atoms with van der Waals surface area (Å²) in [5.41, 5.74) is 1.56. The van der Waals surface area contributed by atoms with Crippen LogP contribution >= 0.6 is 0 Å². The first-order chi connectivity index (χ1) is 11.3. The number of para-hydroxylation sites is 1. The number of ether oxygens (including phenoxy) is 2. The first-order valence-corrected chi connectivity index (χ1v) is 7.45. The second-order valence-electron chi connectivity index (χ2n) is 5.27. The topological polar surface area (TPSA) is 64.6 Å². The van der Waals surface area contributed by atoms with E-state index in [1.807, 2.05) is 24.3 Å². The zero-order valence-corrected chi connectivity index (χ0v) is 12.5. The molecule has 0 spiro atoms. The van der Waals surface area contributed by atoms with E-state index in [9.17, 15) is 9.59 Å². The highest BCUT2D eigenvalue weighted by atomic mass is 16.5. The number of hydrogen-bond donors (Lipinski definition) is 1. The van der Waals surface area contributed by atoms with Crippen molar-refractivity contribution in [3.8, 4) is 11.5 Å². The molecule has 5 nitrogen and oxygen atoms in total. The maximum Gasteiger partial charge on any atom is 0.258 e. The molecule has 1 heterocycles. The number of carbonyl (C=O) groups is 2. The van der Waals surface area contributed by atoms with Crippen LogP contribution in [-0.2, 0) is 4.79 Å². The summed E-state index contributed by atoms with van der Waals surface area (Å²) >= 11 is 0. The van der Waals surface area contributed by atoms with E-state index in [4.69, 9.17) is 9.47 Å². The molecule has 1 amide bonds. The van der Waals surface area contributed by atoms with E-state index >= 15 is 0 Å². The van der Waals surface area contributed by atoms with Crippen molar-refractivity contribution in [2.24, 2.45) is 0 Å². The van der Waals surface area contributed by atoms with Crippen molar-refractivity contribution in [1.82, 2.24) is 5.32 Å². The second-order valence-corrected chi connectivity index (χ2v) is 5.27. The van der Waals surface area contributed by atoms with Gasteiger partial charge in [0, 0.05) is 17.5 Å². The lowest BCUT2D eigenvalue weighted by Gasteiger charge is -2.26. The van der Waals surface area contributed by atoms with E-state index in [-0.39, 0.29) is 18.6 Å². The third-order valence-corrected chi connectivity index (χ3v) is 3.68. The lowest BCUT2D eigenvalue weighted by atomic mass is 10.0. The Bertz CT molecular complexity index is 696. The molecule has 1 aliphatic heterocycles. The number of carbonyl (C=O) groups excluding carboxylic acids is 2. The molecular weight excluding hydrogens is 294 g/mol. The number of hydrogen-bond acceptors (Lipinski definition) is 4. The van der Waals surface area contributed by atoms with Gasteiger partial charge in [0.1, 0.15) is 17.8 Å². The van der Waals surface area contributed by atoms with Gasteiger partial charge in [0.2, 0.25) is 0 Å². The molecule has 1 unspecified atom stereocenters. The molecular formula is C18H17NO4. The molecule has 3 rings (SSSR count). The molecule has 23 heavy (non-hydrogen) atoms. The summed E-state index contributed by atoms with van der Waals surface area (Å²) in [6, 6.07) is 14.3. The molecule has 5 heteroatoms. The summed E-state index contributed by atoms with van der Waals surface area (Å²) in [6.45, 7) is 0.510. The first-order valence-electron chi connectivity index (χ1n) is 7.45. The van der Waals surface area contributed by atoms with Crippen LogP contribution in [0.2, 0.25) is 0 Å². The fraction of sp³-hybridized carbons (Fsp3) is 0.222. The van der Waals surface area contributed by atoms with Gasteiger partial charge in [-0.1, -0.05) is 18.2 Å². The molecule has 0 fully saturated rings. The number of benzene rings is 2. The van der Waals surface area contributed by atoms with Crippen LogP contribution in [0.5, 0.6) is 11.5 Å². The number of amides is 1. The molecule has 0 saturated carbocycles. The lowest BCUT2D eigenvalue weighted by Crippen LogP contribution is -2.35. The smallest absolute Gasteiger partial charge is 0.258 e. The van der Waals surface area contributed by atoms with Crippen molar-refractivity contribution in [2.75, 3.05) is 13.2 Å². The highest BCUT2D eigenvalue weighted by Crippen LogP contribution is 2.31. The maximum atomic E-state index is 12.1. The molecule has 0 saturated heterocycles. The number of rotatable bonds is 5. The van der Waals surface area contributed by atoms with Gasteiger partial charge in [0.25, 0.3) is 5.91 Å². The molecule has 1 N–H and O–H groups in total. The van der Waals surface area contributed by atoms with Gasteiger partial charge >= 0.3 is 0 Å². The van der Waals surface area contributed by atoms with E-state index < -0.39 is 0 Å². The van der Waals surface area contributed by atoms with Crippen LogP contribution in [0.25, 0.3) is 0 Å². The molecule has 2 aromatic rings. The van der Waals surface area contributed by atoms with Crippen molar-refractivity contribution in [1.29, 1.82) is 0 Å². The molecule has 0 aromatic heterocycles. The van der Waals surface area contributed by atoms with Crippen LogP contribution in [0, 0.1) is 0 Å². The Morgan fingerprint density at radius 1 is 1.22 bits per heavy atom. The molecule has 0 radical (unpaired) electrons. The Labute approximate surface area is 134 Å². The largest absolute Gasteiger partial charge is 0.493 e. The molecule has 1 aliphatic rings. The third-order valence-electron chi connectivity index (χ3n) is 3.68. The van der Waals surface area contributed by atoms with Gasteiger partial charge in [-0.2, -0.15) is 0 Å². The van der Waals surface area contributed by atoms with Gasteiger partial charge < -0.3 is 14.8 Å². The third kappa shape index (κ3) is 3.69. The van der Waals surface area contributed by atoms with Crippen molar-refractivity contribution < 1.29 is 19.1 Å². The van der Waals surface area contributed by atoms with Crippen molar-refractivity contribution in [3.63, 3.8) is 0 Å². The summed E-state index contributed by atoms with van der Waals surface area (Å²) in [7, 11) is 0. The molecule has 2 aromatic carbocycles. The van der Waals surface area contributed by atoms with E-state index in [2.05, 4.69) is 5.32 Å². The van der Waals surface area contributed by atoms with E-state index in [1.165, 1.54) is 0 Å². The van der Waals surface area contributed by atoms with Gasteiger partial charge in [0.05, 0.1) is 12.6 Å². The highest BCUT2D eigenvalue weighted by Gasteiger charge is 2.22. The average Bonchev–Trinajstić information content (AvgIpc) is 2.61. The average molecular weight is 311 g/mol. The summed E-state index contributed by atoms with van der Waals surface area (Å²) in [5.74, 6) is 1.18. The lowest BCUT2D eigenvalue weighted by molar-refractivity contribution is -0.124. The molecule has 0 bridgehead atoms. The summed E-state index contributed by atoms with van der Waals surface area (Å²) in [5, 5.41) is 2.97. The van der Waals surface area contributed by atoms with Gasteiger partial charge in [-0.3, -0.25) is 9.59 Å². The van der Waals surface area contributed by atoms with Crippen LogP contribution in [0.15, 0.2) is 48.5 Å². The number of fused-ring (bicyclic) bond motifs is 1. The minimum absolute atomic E-state index is 0.0616. The van der Waals surface area contributed by atoms with E-state index in [0.717, 1.165) is 24.0 Å². The normalized spacial score (nSPS) is 15.9. The van der Waals surface area contributed by atoms with Crippen LogP contribution < -0.4 is 14.8 Å². The highest BCUT2D eigenvalue weighted by molar-refractivity contribution is 5.78. The number of nitrogens with one attached hydrogen (secondary N) is 1. The predicted molar refractivity (Wildman–Crippen MR) is 84.8 cm³/mol. The number of aldehydes is 1. The first kappa shape index (κ1) is 15.1. The van der Waals surface area contributed by atoms with Gasteiger partial charge in [0.15, 0.2) is 6.61 Å². The Hall–Kier alpha value is -2.82. The fourth-order valence-corrected chi connectivity index (χ4v) is 2.52. The van der Waals surface area contributed by atoms with Gasteiger partial charge in [-0.15, -0.1) is 0 Å². The monoisotopic (exact) mass is 311 g/mol. The van der Waals surface area contributed by atoms with Crippen molar-refractivity contribution in [2.45, 2.75) is 12.5 Å².